The fraction of sp³-hybridized carbons (Fsp3) is 1.00. The number of hydrogen-bond acceptors (Lipinski definition) is 5. The van der Waals surface area contributed by atoms with E-state index in [-0.39, 0.29) is 0 Å². The lowest BCUT2D eigenvalue weighted by Crippen LogP contribution is -1.99. The zero-order valence-corrected chi connectivity index (χ0v) is 10.7. The first-order chi connectivity index (χ1) is 7.10. The van der Waals surface area contributed by atoms with E-state index >= 15 is 0 Å². The number of hydrogen-bond donors (Lipinski definition) is 4. The molecule has 0 aliphatic rings. The average molecular weight is 297 g/mol. The van der Waals surface area contributed by atoms with Crippen molar-refractivity contribution in [2.45, 2.75) is 0 Å². The zero-order valence-electron chi connectivity index (χ0n) is 8.00. The van der Waals surface area contributed by atoms with Crippen molar-refractivity contribution in [3.8, 4) is 0 Å². The van der Waals surface area contributed by atoms with Crippen molar-refractivity contribution in [1.82, 2.24) is 0 Å². The monoisotopic (exact) mass is 297 g/mol. The molecule has 0 aromatic rings. The molecule has 0 rings (SSSR count). The first-order valence-electron chi connectivity index (χ1n) is 3.92. The van der Waals surface area contributed by atoms with Gasteiger partial charge in [0.2, 0.25) is 0 Å². The SMILES string of the molecule is O=[P+](OCCP(=O)(O)O)OCCP(=O)(O)O. The van der Waals surface area contributed by atoms with E-state index in [1.807, 2.05) is 0 Å². The van der Waals surface area contributed by atoms with Crippen LogP contribution in [0.5, 0.6) is 0 Å². The molecule has 0 fully saturated rings. The van der Waals surface area contributed by atoms with Crippen LogP contribution in [0.15, 0.2) is 0 Å². The van der Waals surface area contributed by atoms with Crippen LogP contribution in [0.25, 0.3) is 0 Å². The second-order valence-corrected chi connectivity index (χ2v) is 7.18. The highest BCUT2D eigenvalue weighted by atomic mass is 31.2. The average Bonchev–Trinajstić information content (AvgIpc) is 1.98. The minimum atomic E-state index is -4.21. The zero-order chi connectivity index (χ0) is 12.8. The lowest BCUT2D eigenvalue weighted by atomic mass is 10.9. The fourth-order valence-electron chi connectivity index (χ4n) is 0.506. The van der Waals surface area contributed by atoms with Crippen molar-refractivity contribution in [2.75, 3.05) is 25.5 Å². The Labute approximate surface area is 92.0 Å². The second-order valence-electron chi connectivity index (χ2n) is 2.67. The summed E-state index contributed by atoms with van der Waals surface area (Å²) >= 11 is 0. The van der Waals surface area contributed by atoms with E-state index in [9.17, 15) is 13.7 Å². The van der Waals surface area contributed by atoms with E-state index < -0.39 is 49.0 Å². The van der Waals surface area contributed by atoms with Gasteiger partial charge < -0.3 is 19.6 Å². The molecule has 0 heterocycles. The van der Waals surface area contributed by atoms with Crippen LogP contribution in [0.2, 0.25) is 0 Å². The van der Waals surface area contributed by atoms with Crippen LogP contribution in [0, 0.1) is 0 Å². The van der Waals surface area contributed by atoms with Crippen LogP contribution in [0.1, 0.15) is 0 Å². The molecule has 0 aliphatic heterocycles. The van der Waals surface area contributed by atoms with E-state index in [2.05, 4.69) is 9.05 Å². The fourth-order valence-corrected chi connectivity index (χ4v) is 2.01. The summed E-state index contributed by atoms with van der Waals surface area (Å²) < 4.78 is 40.2. The summed E-state index contributed by atoms with van der Waals surface area (Å²) in [5.74, 6) is 0. The summed E-state index contributed by atoms with van der Waals surface area (Å²) in [6.45, 7) is -0.926. The van der Waals surface area contributed by atoms with Gasteiger partial charge in [-0.25, -0.2) is 0 Å². The largest absolute Gasteiger partial charge is 0.697 e. The predicted molar refractivity (Wildman–Crippen MR) is 53.3 cm³/mol. The van der Waals surface area contributed by atoms with E-state index in [0.717, 1.165) is 0 Å². The molecule has 0 saturated heterocycles. The van der Waals surface area contributed by atoms with Crippen molar-refractivity contribution in [3.05, 3.63) is 0 Å². The summed E-state index contributed by atoms with van der Waals surface area (Å²) in [7, 11) is -11.0. The maximum atomic E-state index is 10.8. The molecule has 9 nitrogen and oxygen atoms in total. The molecule has 0 amide bonds. The summed E-state index contributed by atoms with van der Waals surface area (Å²) in [6, 6.07) is 0. The predicted octanol–water partition coefficient (Wildman–Crippen LogP) is 0.0324. The minimum absolute atomic E-state index is 0.463. The van der Waals surface area contributed by atoms with Gasteiger partial charge in [-0.1, -0.05) is 0 Å². The lowest BCUT2D eigenvalue weighted by molar-refractivity contribution is 0.237. The Hall–Kier alpha value is 0.320. The van der Waals surface area contributed by atoms with Gasteiger partial charge in [-0.2, -0.15) is 0 Å². The third-order valence-corrected chi connectivity index (χ3v) is 3.48. The van der Waals surface area contributed by atoms with Gasteiger partial charge in [0.25, 0.3) is 0 Å². The van der Waals surface area contributed by atoms with Crippen molar-refractivity contribution in [1.29, 1.82) is 0 Å². The molecule has 96 valence electrons. The molecule has 4 N–H and O–H groups in total. The minimum Gasteiger partial charge on any atom is -0.324 e. The second kappa shape index (κ2) is 6.91. The molecule has 0 saturated carbocycles. The topological polar surface area (TPSA) is 151 Å². The molecular weight excluding hydrogens is 285 g/mol. The number of rotatable bonds is 8. The highest BCUT2D eigenvalue weighted by Crippen LogP contribution is 2.37. The smallest absolute Gasteiger partial charge is 0.324 e. The molecule has 0 atom stereocenters. The van der Waals surface area contributed by atoms with Crippen LogP contribution in [0.3, 0.4) is 0 Å². The molecule has 0 bridgehead atoms. The van der Waals surface area contributed by atoms with Gasteiger partial charge >= 0.3 is 23.4 Å². The molecule has 0 unspecified atom stereocenters. The molecular formula is C4H12O9P3+. The maximum Gasteiger partial charge on any atom is 0.697 e. The van der Waals surface area contributed by atoms with Gasteiger partial charge in [0.05, 0.1) is 12.3 Å². The Morgan fingerprint density at radius 2 is 1.19 bits per heavy atom. The Morgan fingerprint density at radius 1 is 0.875 bits per heavy atom. The van der Waals surface area contributed by atoms with Crippen LogP contribution < -0.4 is 0 Å². The first-order valence-corrected chi connectivity index (χ1v) is 8.61. The molecule has 0 radical (unpaired) electrons. The molecule has 0 aromatic heterocycles. The van der Waals surface area contributed by atoms with Crippen molar-refractivity contribution < 1.29 is 42.3 Å². The Balaban J connectivity index is 3.61. The Kier molecular flexibility index (Phi) is 7.05. The van der Waals surface area contributed by atoms with Crippen molar-refractivity contribution in [2.24, 2.45) is 0 Å². The van der Waals surface area contributed by atoms with Crippen molar-refractivity contribution >= 4 is 23.4 Å². The van der Waals surface area contributed by atoms with Gasteiger partial charge in [0, 0.05) is 4.57 Å². The van der Waals surface area contributed by atoms with Crippen molar-refractivity contribution in [3.63, 3.8) is 0 Å². The highest BCUT2D eigenvalue weighted by Gasteiger charge is 2.25. The quantitative estimate of drug-likeness (QED) is 0.455. The Morgan fingerprint density at radius 3 is 1.44 bits per heavy atom. The normalized spacial score (nSPS) is 12.8. The third kappa shape index (κ3) is 12.4. The van der Waals surface area contributed by atoms with Gasteiger partial charge in [-0.15, -0.1) is 9.05 Å². The molecule has 0 aliphatic carbocycles. The van der Waals surface area contributed by atoms with Gasteiger partial charge in [-0.3, -0.25) is 9.13 Å². The van der Waals surface area contributed by atoms with Crippen LogP contribution in [-0.2, 0) is 22.7 Å². The molecule has 0 spiro atoms. The van der Waals surface area contributed by atoms with Gasteiger partial charge in [0.1, 0.15) is 13.2 Å². The van der Waals surface area contributed by atoms with E-state index in [0.29, 0.717) is 0 Å². The summed E-state index contributed by atoms with van der Waals surface area (Å²) in [5.41, 5.74) is 0. The standard InChI is InChI=1S/C4H11O9P3/c5-14(12-1-3-15(6,7)8)13-2-4-16(9,10)11/h1-4H2,(H3-,6,7,8,9,10,11)/p+1. The van der Waals surface area contributed by atoms with E-state index in [4.69, 9.17) is 19.6 Å². The summed E-state index contributed by atoms with van der Waals surface area (Å²) in [4.78, 5) is 33.6. The Bertz CT molecular complexity index is 285. The molecule has 12 heteroatoms. The van der Waals surface area contributed by atoms with E-state index in [1.54, 1.807) is 0 Å². The first kappa shape index (κ1) is 16.3. The van der Waals surface area contributed by atoms with Crippen LogP contribution >= 0.6 is 23.4 Å². The van der Waals surface area contributed by atoms with E-state index in [1.165, 1.54) is 0 Å². The summed E-state index contributed by atoms with van der Waals surface area (Å²) in [5, 5.41) is 0. The van der Waals surface area contributed by atoms with Crippen LogP contribution in [0.4, 0.5) is 0 Å². The van der Waals surface area contributed by atoms with Gasteiger partial charge in [0.15, 0.2) is 0 Å². The van der Waals surface area contributed by atoms with Crippen LogP contribution in [-0.4, -0.2) is 45.1 Å². The lowest BCUT2D eigenvalue weighted by Gasteiger charge is -1.99. The molecule has 16 heavy (non-hydrogen) atoms. The molecule has 0 aromatic carbocycles. The highest BCUT2D eigenvalue weighted by molar-refractivity contribution is 7.52. The maximum absolute atomic E-state index is 10.8. The third-order valence-electron chi connectivity index (χ3n) is 1.16. The van der Waals surface area contributed by atoms with Gasteiger partial charge in [-0.05, 0) is 0 Å². The summed E-state index contributed by atoms with van der Waals surface area (Å²) in [6.07, 6.45) is -1.20.